The van der Waals surface area contributed by atoms with Gasteiger partial charge in [-0.05, 0) is 49.6 Å². The molecular formula is C20H21N3O2. The lowest BCUT2D eigenvalue weighted by molar-refractivity contribution is 0.0242. The van der Waals surface area contributed by atoms with Crippen molar-refractivity contribution in [3.05, 3.63) is 59.9 Å². The molecule has 1 aromatic carbocycles. The molecule has 0 atom stereocenters. The molecule has 0 unspecified atom stereocenters. The number of pyridine rings is 1. The zero-order chi connectivity index (χ0) is 17.6. The third kappa shape index (κ3) is 2.86. The zero-order valence-electron chi connectivity index (χ0n) is 14.7. The maximum absolute atomic E-state index is 12.4. The van der Waals surface area contributed by atoms with E-state index in [9.17, 15) is 4.79 Å². The highest BCUT2D eigenvalue weighted by Gasteiger charge is 2.29. The number of hydrogen-bond donors (Lipinski definition) is 0. The van der Waals surface area contributed by atoms with Gasteiger partial charge in [0.25, 0.3) is 0 Å². The quantitative estimate of drug-likeness (QED) is 0.668. The molecule has 5 nitrogen and oxygen atoms in total. The second kappa shape index (κ2) is 5.62. The van der Waals surface area contributed by atoms with Crippen LogP contribution in [0.15, 0.2) is 48.8 Å². The van der Waals surface area contributed by atoms with E-state index in [1.54, 1.807) is 4.90 Å². The Labute approximate surface area is 146 Å². The summed E-state index contributed by atoms with van der Waals surface area (Å²) >= 11 is 0. The Morgan fingerprint density at radius 1 is 1.08 bits per heavy atom. The van der Waals surface area contributed by atoms with Crippen LogP contribution in [-0.4, -0.2) is 26.2 Å². The van der Waals surface area contributed by atoms with E-state index in [2.05, 4.69) is 23.3 Å². The molecule has 0 bridgehead atoms. The van der Waals surface area contributed by atoms with E-state index in [0.717, 1.165) is 16.6 Å². The molecular weight excluding hydrogens is 314 g/mol. The fraction of sp³-hybridized carbons (Fsp3) is 0.300. The van der Waals surface area contributed by atoms with Crippen LogP contribution in [0.3, 0.4) is 0 Å². The number of nitrogens with zero attached hydrogens (tertiary/aromatic N) is 3. The van der Waals surface area contributed by atoms with Gasteiger partial charge in [0.15, 0.2) is 0 Å². The van der Waals surface area contributed by atoms with E-state index in [1.165, 1.54) is 11.1 Å². The third-order valence-electron chi connectivity index (χ3n) is 4.35. The molecule has 0 radical (unpaired) electrons. The summed E-state index contributed by atoms with van der Waals surface area (Å²) in [5.74, 6) is 0. The van der Waals surface area contributed by atoms with Crippen molar-refractivity contribution in [1.82, 2.24) is 14.5 Å². The van der Waals surface area contributed by atoms with Crippen molar-refractivity contribution in [2.75, 3.05) is 0 Å². The Morgan fingerprint density at radius 2 is 1.92 bits per heavy atom. The van der Waals surface area contributed by atoms with E-state index < -0.39 is 5.60 Å². The van der Waals surface area contributed by atoms with Gasteiger partial charge < -0.3 is 4.74 Å². The second-order valence-electron chi connectivity index (χ2n) is 7.37. The number of fused-ring (bicyclic) bond motifs is 2. The van der Waals surface area contributed by atoms with Crippen LogP contribution in [0.4, 0.5) is 4.79 Å². The summed E-state index contributed by atoms with van der Waals surface area (Å²) in [6, 6.07) is 12.2. The molecule has 0 aliphatic carbocycles. The van der Waals surface area contributed by atoms with Gasteiger partial charge in [0.1, 0.15) is 5.60 Å². The molecule has 0 saturated heterocycles. The lowest BCUT2D eigenvalue weighted by Gasteiger charge is -2.24. The fourth-order valence-electron chi connectivity index (χ4n) is 3.27. The Bertz CT molecular complexity index is 953. The monoisotopic (exact) mass is 335 g/mol. The summed E-state index contributed by atoms with van der Waals surface area (Å²) in [6.45, 7) is 6.80. The summed E-state index contributed by atoms with van der Waals surface area (Å²) in [4.78, 5) is 14.2. The van der Waals surface area contributed by atoms with Crippen molar-refractivity contribution in [3.63, 3.8) is 0 Å². The molecule has 3 aromatic rings. The van der Waals surface area contributed by atoms with E-state index in [1.807, 2.05) is 55.9 Å². The Hall–Kier alpha value is -2.82. The SMILES string of the molecule is CC(C)(C)OC(=O)N1Cc2cccc(-c3cnn4ccccc34)c2C1. The maximum Gasteiger partial charge on any atom is 0.410 e. The van der Waals surface area contributed by atoms with E-state index in [4.69, 9.17) is 4.74 Å². The van der Waals surface area contributed by atoms with E-state index >= 15 is 0 Å². The van der Waals surface area contributed by atoms with Crippen molar-refractivity contribution in [2.24, 2.45) is 0 Å². The minimum absolute atomic E-state index is 0.269. The molecule has 0 fully saturated rings. The first-order valence-electron chi connectivity index (χ1n) is 8.44. The lowest BCUT2D eigenvalue weighted by atomic mass is 9.98. The highest BCUT2D eigenvalue weighted by molar-refractivity contribution is 5.83. The van der Waals surface area contributed by atoms with Crippen molar-refractivity contribution in [1.29, 1.82) is 0 Å². The Kier molecular flexibility index (Phi) is 3.53. The highest BCUT2D eigenvalue weighted by atomic mass is 16.6. The fourth-order valence-corrected chi connectivity index (χ4v) is 3.27. The van der Waals surface area contributed by atoms with Crippen molar-refractivity contribution < 1.29 is 9.53 Å². The molecule has 0 spiro atoms. The summed E-state index contributed by atoms with van der Waals surface area (Å²) in [5.41, 5.74) is 5.13. The number of benzene rings is 1. The molecule has 1 aliphatic rings. The van der Waals surface area contributed by atoms with Crippen molar-refractivity contribution in [3.8, 4) is 11.1 Å². The number of rotatable bonds is 1. The first kappa shape index (κ1) is 15.7. The molecule has 5 heteroatoms. The van der Waals surface area contributed by atoms with Crippen LogP contribution in [-0.2, 0) is 17.8 Å². The number of carbonyl (C=O) groups is 1. The average molecular weight is 335 g/mol. The molecule has 4 rings (SSSR count). The van der Waals surface area contributed by atoms with Crippen LogP contribution in [0, 0.1) is 0 Å². The maximum atomic E-state index is 12.4. The Balaban J connectivity index is 1.70. The number of amides is 1. The van der Waals surface area contributed by atoms with Crippen LogP contribution in [0.25, 0.3) is 16.6 Å². The number of ether oxygens (including phenoxy) is 1. The van der Waals surface area contributed by atoms with Crippen molar-refractivity contribution in [2.45, 2.75) is 39.5 Å². The lowest BCUT2D eigenvalue weighted by Crippen LogP contribution is -2.33. The molecule has 2 aromatic heterocycles. The largest absolute Gasteiger partial charge is 0.444 e. The predicted octanol–water partition coefficient (Wildman–Crippen LogP) is 4.25. The first-order chi connectivity index (χ1) is 11.9. The van der Waals surface area contributed by atoms with Crippen LogP contribution >= 0.6 is 0 Å². The minimum atomic E-state index is -0.489. The van der Waals surface area contributed by atoms with Gasteiger partial charge in [0, 0.05) is 18.3 Å². The van der Waals surface area contributed by atoms with Gasteiger partial charge in [0.05, 0.1) is 18.3 Å². The molecule has 128 valence electrons. The van der Waals surface area contributed by atoms with E-state index in [-0.39, 0.29) is 6.09 Å². The summed E-state index contributed by atoms with van der Waals surface area (Å²) in [6.07, 6.45) is 3.56. The van der Waals surface area contributed by atoms with Crippen molar-refractivity contribution >= 4 is 11.6 Å². The third-order valence-corrected chi connectivity index (χ3v) is 4.35. The molecule has 25 heavy (non-hydrogen) atoms. The van der Waals surface area contributed by atoms with Gasteiger partial charge in [-0.25, -0.2) is 9.31 Å². The summed E-state index contributed by atoms with van der Waals surface area (Å²) in [5, 5.41) is 4.43. The van der Waals surface area contributed by atoms with Crippen LogP contribution in [0.2, 0.25) is 0 Å². The Morgan fingerprint density at radius 3 is 2.72 bits per heavy atom. The molecule has 3 heterocycles. The standard InChI is InChI=1S/C20H21N3O2/c1-20(2,3)25-19(24)22-12-14-7-6-8-15(17(14)13-22)16-11-21-23-10-5-4-9-18(16)23/h4-11H,12-13H2,1-3H3. The zero-order valence-corrected chi connectivity index (χ0v) is 14.7. The van der Waals surface area contributed by atoms with Gasteiger partial charge in [0.2, 0.25) is 0 Å². The van der Waals surface area contributed by atoms with Crippen LogP contribution < -0.4 is 0 Å². The van der Waals surface area contributed by atoms with Gasteiger partial charge in [-0.3, -0.25) is 4.90 Å². The van der Waals surface area contributed by atoms with Gasteiger partial charge >= 0.3 is 6.09 Å². The highest BCUT2D eigenvalue weighted by Crippen LogP contribution is 2.35. The normalized spacial score (nSPS) is 14.0. The molecule has 0 N–H and O–H groups in total. The van der Waals surface area contributed by atoms with Crippen LogP contribution in [0.5, 0.6) is 0 Å². The number of hydrogen-bond acceptors (Lipinski definition) is 3. The van der Waals surface area contributed by atoms with Gasteiger partial charge in [-0.2, -0.15) is 5.10 Å². The number of carbonyl (C=O) groups excluding carboxylic acids is 1. The van der Waals surface area contributed by atoms with E-state index in [0.29, 0.717) is 13.1 Å². The smallest absolute Gasteiger partial charge is 0.410 e. The molecule has 0 saturated carbocycles. The van der Waals surface area contributed by atoms with Crippen LogP contribution in [0.1, 0.15) is 31.9 Å². The number of aromatic nitrogens is 2. The topological polar surface area (TPSA) is 46.8 Å². The molecule has 1 aliphatic heterocycles. The molecule has 1 amide bonds. The second-order valence-corrected chi connectivity index (χ2v) is 7.37. The van der Waals surface area contributed by atoms with Gasteiger partial charge in [-0.1, -0.05) is 24.3 Å². The average Bonchev–Trinajstić information content (AvgIpc) is 3.17. The summed E-state index contributed by atoms with van der Waals surface area (Å²) in [7, 11) is 0. The summed E-state index contributed by atoms with van der Waals surface area (Å²) < 4.78 is 7.39. The van der Waals surface area contributed by atoms with Gasteiger partial charge in [-0.15, -0.1) is 0 Å². The minimum Gasteiger partial charge on any atom is -0.444 e. The first-order valence-corrected chi connectivity index (χ1v) is 8.44. The predicted molar refractivity (Wildman–Crippen MR) is 96.1 cm³/mol.